The van der Waals surface area contributed by atoms with Crippen molar-refractivity contribution in [1.82, 2.24) is 0 Å². The summed E-state index contributed by atoms with van der Waals surface area (Å²) in [6.45, 7) is 1.16. The van der Waals surface area contributed by atoms with Gasteiger partial charge >= 0.3 is 0 Å². The molecule has 2 aromatic rings. The molecule has 1 aliphatic heterocycles. The lowest BCUT2D eigenvalue weighted by molar-refractivity contribution is 0.354. The van der Waals surface area contributed by atoms with Gasteiger partial charge in [0.05, 0.1) is 20.8 Å². The van der Waals surface area contributed by atoms with E-state index in [1.54, 1.807) is 14.2 Å². The molecule has 4 nitrogen and oxygen atoms in total. The first-order chi connectivity index (χ1) is 10.3. The molecule has 1 aliphatic rings. The molecule has 1 heterocycles. The van der Waals surface area contributed by atoms with Crippen LogP contribution in [0, 0.1) is 0 Å². The molecule has 110 valence electrons. The van der Waals surface area contributed by atoms with Crippen LogP contribution in [0.3, 0.4) is 0 Å². The molecule has 0 aliphatic carbocycles. The van der Waals surface area contributed by atoms with Crippen molar-refractivity contribution < 1.29 is 14.2 Å². The number of methoxy groups -OCH3 is 2. The second-order valence-electron chi connectivity index (χ2n) is 4.96. The van der Waals surface area contributed by atoms with Crippen molar-refractivity contribution in [1.29, 1.82) is 0 Å². The normalized spacial score (nSPS) is 12.7. The van der Waals surface area contributed by atoms with Crippen LogP contribution in [0.15, 0.2) is 30.3 Å². The third-order valence-electron chi connectivity index (χ3n) is 3.83. The van der Waals surface area contributed by atoms with Gasteiger partial charge in [-0.05, 0) is 28.8 Å². The predicted molar refractivity (Wildman–Crippen MR) is 82.1 cm³/mol. The van der Waals surface area contributed by atoms with Crippen LogP contribution in [0.5, 0.6) is 17.2 Å². The molecular weight excluding hydrogens is 266 g/mol. The summed E-state index contributed by atoms with van der Waals surface area (Å²) >= 11 is 0. The maximum Gasteiger partial charge on any atom is 0.161 e. The number of fused-ring (bicyclic) bond motifs is 1. The molecule has 2 N–H and O–H groups in total. The monoisotopic (exact) mass is 285 g/mol. The zero-order chi connectivity index (χ0) is 14.8. The van der Waals surface area contributed by atoms with Gasteiger partial charge in [-0.25, -0.2) is 0 Å². The number of hydrogen-bond donors (Lipinski definition) is 1. The Morgan fingerprint density at radius 1 is 1.10 bits per heavy atom. The van der Waals surface area contributed by atoms with Crippen LogP contribution in [0.1, 0.15) is 11.1 Å². The molecule has 0 atom stereocenters. The summed E-state index contributed by atoms with van der Waals surface area (Å²) in [5.74, 6) is 2.34. The van der Waals surface area contributed by atoms with Gasteiger partial charge in [-0.3, -0.25) is 0 Å². The highest BCUT2D eigenvalue weighted by Crippen LogP contribution is 2.42. The Morgan fingerprint density at radius 2 is 1.86 bits per heavy atom. The van der Waals surface area contributed by atoms with Crippen LogP contribution in [-0.2, 0) is 13.0 Å². The summed E-state index contributed by atoms with van der Waals surface area (Å²) in [6.07, 6.45) is 0.953. The fourth-order valence-corrected chi connectivity index (χ4v) is 2.77. The smallest absolute Gasteiger partial charge is 0.161 e. The Labute approximate surface area is 124 Å². The molecular formula is C17H19NO3. The molecule has 0 saturated carbocycles. The van der Waals surface area contributed by atoms with Crippen molar-refractivity contribution in [3.05, 3.63) is 41.5 Å². The van der Waals surface area contributed by atoms with Gasteiger partial charge in [0.25, 0.3) is 0 Å². The molecule has 4 heteroatoms. The van der Waals surface area contributed by atoms with Gasteiger partial charge in [-0.1, -0.05) is 18.2 Å². The molecule has 0 amide bonds. The summed E-state index contributed by atoms with van der Waals surface area (Å²) in [5, 5.41) is 0. The standard InChI is InChI=1S/C17H19NO3/c1-19-15-8-12(10-18)14(9-16(15)20-2)13-5-3-4-11-6-7-21-17(11)13/h3-5,8-9H,6-7,10,18H2,1-2H3. The predicted octanol–water partition coefficient (Wildman–Crippen LogP) is 2.76. The van der Waals surface area contributed by atoms with E-state index in [-0.39, 0.29) is 0 Å². The lowest BCUT2D eigenvalue weighted by Gasteiger charge is -2.16. The van der Waals surface area contributed by atoms with E-state index in [0.717, 1.165) is 35.5 Å². The Hall–Kier alpha value is -2.20. The van der Waals surface area contributed by atoms with Gasteiger partial charge in [0.1, 0.15) is 5.75 Å². The Kier molecular flexibility index (Phi) is 3.71. The average Bonchev–Trinajstić information content (AvgIpc) is 3.02. The molecule has 0 aromatic heterocycles. The molecule has 0 fully saturated rings. The van der Waals surface area contributed by atoms with Crippen molar-refractivity contribution in [2.75, 3.05) is 20.8 Å². The van der Waals surface area contributed by atoms with E-state index >= 15 is 0 Å². The number of nitrogens with two attached hydrogens (primary N) is 1. The van der Waals surface area contributed by atoms with Gasteiger partial charge in [0.2, 0.25) is 0 Å². The molecule has 0 bridgehead atoms. The third kappa shape index (κ3) is 2.32. The highest BCUT2D eigenvalue weighted by Gasteiger charge is 2.20. The van der Waals surface area contributed by atoms with Crippen LogP contribution in [0.2, 0.25) is 0 Å². The first-order valence-corrected chi connectivity index (χ1v) is 6.98. The number of hydrogen-bond acceptors (Lipinski definition) is 4. The van der Waals surface area contributed by atoms with Gasteiger partial charge < -0.3 is 19.9 Å². The average molecular weight is 285 g/mol. The second kappa shape index (κ2) is 5.66. The molecule has 2 aromatic carbocycles. The summed E-state index contributed by atoms with van der Waals surface area (Å²) < 4.78 is 16.6. The van der Waals surface area contributed by atoms with E-state index in [4.69, 9.17) is 19.9 Å². The first kappa shape index (κ1) is 13.8. The topological polar surface area (TPSA) is 53.7 Å². The molecule has 0 saturated heterocycles. The summed E-state index contributed by atoms with van der Waals surface area (Å²) in [5.41, 5.74) is 10.3. The zero-order valence-electron chi connectivity index (χ0n) is 12.3. The van der Waals surface area contributed by atoms with Crippen LogP contribution < -0.4 is 19.9 Å². The quantitative estimate of drug-likeness (QED) is 0.938. The highest BCUT2D eigenvalue weighted by atomic mass is 16.5. The highest BCUT2D eigenvalue weighted by molar-refractivity contribution is 5.77. The van der Waals surface area contributed by atoms with E-state index in [1.165, 1.54) is 5.56 Å². The van der Waals surface area contributed by atoms with Gasteiger partial charge in [0, 0.05) is 18.5 Å². The Morgan fingerprint density at radius 3 is 2.57 bits per heavy atom. The molecule has 21 heavy (non-hydrogen) atoms. The SMILES string of the molecule is COc1cc(CN)c(-c2cccc3c2OCC3)cc1OC. The lowest BCUT2D eigenvalue weighted by atomic mass is 9.96. The zero-order valence-corrected chi connectivity index (χ0v) is 12.3. The van der Waals surface area contributed by atoms with Crippen molar-refractivity contribution in [2.45, 2.75) is 13.0 Å². The number of benzene rings is 2. The number of ether oxygens (including phenoxy) is 3. The van der Waals surface area contributed by atoms with Crippen molar-refractivity contribution in [3.8, 4) is 28.4 Å². The molecule has 3 rings (SSSR count). The largest absolute Gasteiger partial charge is 0.493 e. The molecule has 0 spiro atoms. The van der Waals surface area contributed by atoms with Crippen molar-refractivity contribution in [3.63, 3.8) is 0 Å². The molecule has 0 radical (unpaired) electrons. The minimum absolute atomic E-state index is 0.430. The Balaban J connectivity index is 2.20. The minimum Gasteiger partial charge on any atom is -0.493 e. The fraction of sp³-hybridized carbons (Fsp3) is 0.294. The van der Waals surface area contributed by atoms with Gasteiger partial charge in [-0.2, -0.15) is 0 Å². The van der Waals surface area contributed by atoms with Crippen LogP contribution in [-0.4, -0.2) is 20.8 Å². The van der Waals surface area contributed by atoms with Crippen molar-refractivity contribution in [2.24, 2.45) is 5.73 Å². The lowest BCUT2D eigenvalue weighted by Crippen LogP contribution is -2.02. The maximum atomic E-state index is 5.91. The van der Waals surface area contributed by atoms with E-state index < -0.39 is 0 Å². The van der Waals surface area contributed by atoms with Crippen LogP contribution in [0.4, 0.5) is 0 Å². The first-order valence-electron chi connectivity index (χ1n) is 6.98. The van der Waals surface area contributed by atoms with E-state index in [2.05, 4.69) is 18.2 Å². The summed E-state index contributed by atoms with van der Waals surface area (Å²) in [7, 11) is 3.26. The van der Waals surface area contributed by atoms with E-state index in [1.807, 2.05) is 12.1 Å². The number of rotatable bonds is 4. The summed E-state index contributed by atoms with van der Waals surface area (Å²) in [4.78, 5) is 0. The summed E-state index contributed by atoms with van der Waals surface area (Å²) in [6, 6.07) is 10.1. The second-order valence-corrected chi connectivity index (χ2v) is 4.96. The van der Waals surface area contributed by atoms with Crippen molar-refractivity contribution >= 4 is 0 Å². The third-order valence-corrected chi connectivity index (χ3v) is 3.83. The van der Waals surface area contributed by atoms with Crippen LogP contribution in [0.25, 0.3) is 11.1 Å². The van der Waals surface area contributed by atoms with Gasteiger partial charge in [-0.15, -0.1) is 0 Å². The van der Waals surface area contributed by atoms with Gasteiger partial charge in [0.15, 0.2) is 11.5 Å². The Bertz CT molecular complexity index is 667. The van der Waals surface area contributed by atoms with E-state index in [9.17, 15) is 0 Å². The minimum atomic E-state index is 0.430. The van der Waals surface area contributed by atoms with E-state index in [0.29, 0.717) is 18.0 Å². The number of para-hydroxylation sites is 1. The molecule has 0 unspecified atom stereocenters. The fourth-order valence-electron chi connectivity index (χ4n) is 2.77. The van der Waals surface area contributed by atoms with Crippen LogP contribution >= 0.6 is 0 Å². The maximum absolute atomic E-state index is 5.91.